The van der Waals surface area contributed by atoms with Crippen LogP contribution in [0.25, 0.3) is 109 Å². The minimum atomic E-state index is 1.01. The molecule has 240 valence electrons. The van der Waals surface area contributed by atoms with E-state index < -0.39 is 0 Å². The van der Waals surface area contributed by atoms with Crippen molar-refractivity contribution in [2.24, 2.45) is 0 Å². The van der Waals surface area contributed by atoms with Gasteiger partial charge in [0.1, 0.15) is 0 Å². The highest BCUT2D eigenvalue weighted by Gasteiger charge is 2.17. The SMILES string of the molecule is c1cnc2c(c1)cc(-c1ccc3cc(-c4ccc(-c5nc6ccccc6c6c7ccccc7c7ccccc7c56)cc4)ccc3c1)c1ccccc12. The maximum absolute atomic E-state index is 5.34. The minimum Gasteiger partial charge on any atom is -0.256 e. The molecule has 11 rings (SSSR count). The lowest BCUT2D eigenvalue weighted by atomic mass is 9.89. The molecule has 2 aromatic heterocycles. The van der Waals surface area contributed by atoms with Crippen molar-refractivity contribution in [2.45, 2.75) is 0 Å². The summed E-state index contributed by atoms with van der Waals surface area (Å²) in [6.07, 6.45) is 1.88. The van der Waals surface area contributed by atoms with Gasteiger partial charge >= 0.3 is 0 Å². The molecular formula is C50H30N2. The van der Waals surface area contributed by atoms with E-state index in [2.05, 4.69) is 170 Å². The van der Waals surface area contributed by atoms with Crippen LogP contribution in [0.15, 0.2) is 182 Å². The van der Waals surface area contributed by atoms with Gasteiger partial charge < -0.3 is 0 Å². The molecule has 0 atom stereocenters. The molecule has 2 heterocycles. The molecule has 9 aromatic carbocycles. The molecule has 0 bridgehead atoms. The second kappa shape index (κ2) is 11.3. The number of fused-ring (bicyclic) bond motifs is 12. The summed E-state index contributed by atoms with van der Waals surface area (Å²) in [5.41, 5.74) is 9.01. The fourth-order valence-corrected chi connectivity index (χ4v) is 8.40. The van der Waals surface area contributed by atoms with Crippen molar-refractivity contribution in [3.8, 4) is 33.5 Å². The van der Waals surface area contributed by atoms with Crippen LogP contribution in [-0.4, -0.2) is 9.97 Å². The second-order valence-electron chi connectivity index (χ2n) is 13.7. The highest BCUT2D eigenvalue weighted by atomic mass is 14.7. The van der Waals surface area contributed by atoms with Crippen molar-refractivity contribution in [2.75, 3.05) is 0 Å². The average molecular weight is 659 g/mol. The first-order valence-corrected chi connectivity index (χ1v) is 17.8. The number of para-hydroxylation sites is 1. The van der Waals surface area contributed by atoms with E-state index in [9.17, 15) is 0 Å². The van der Waals surface area contributed by atoms with E-state index in [1.165, 1.54) is 81.5 Å². The van der Waals surface area contributed by atoms with E-state index in [1.807, 2.05) is 12.3 Å². The number of rotatable bonds is 3. The van der Waals surface area contributed by atoms with Gasteiger partial charge in [-0.2, -0.15) is 0 Å². The normalized spacial score (nSPS) is 11.8. The van der Waals surface area contributed by atoms with Gasteiger partial charge in [0, 0.05) is 38.7 Å². The summed E-state index contributed by atoms with van der Waals surface area (Å²) < 4.78 is 0. The van der Waals surface area contributed by atoms with Gasteiger partial charge in [-0.15, -0.1) is 0 Å². The van der Waals surface area contributed by atoms with Crippen LogP contribution < -0.4 is 0 Å². The number of hydrogen-bond donors (Lipinski definition) is 0. The zero-order valence-corrected chi connectivity index (χ0v) is 28.2. The van der Waals surface area contributed by atoms with Crippen LogP contribution >= 0.6 is 0 Å². The monoisotopic (exact) mass is 658 g/mol. The van der Waals surface area contributed by atoms with Gasteiger partial charge in [-0.1, -0.05) is 146 Å². The van der Waals surface area contributed by atoms with Crippen molar-refractivity contribution in [1.29, 1.82) is 0 Å². The summed E-state index contributed by atoms with van der Waals surface area (Å²) in [6.45, 7) is 0. The van der Waals surface area contributed by atoms with Crippen molar-refractivity contribution in [1.82, 2.24) is 9.97 Å². The lowest BCUT2D eigenvalue weighted by Gasteiger charge is -2.16. The predicted octanol–water partition coefficient (Wildman–Crippen LogP) is 13.5. The van der Waals surface area contributed by atoms with E-state index in [1.54, 1.807) is 0 Å². The Labute approximate surface area is 300 Å². The molecule has 0 amide bonds. The van der Waals surface area contributed by atoms with Gasteiger partial charge in [-0.3, -0.25) is 4.98 Å². The average Bonchev–Trinajstić information content (AvgIpc) is 3.22. The first-order valence-electron chi connectivity index (χ1n) is 17.8. The summed E-state index contributed by atoms with van der Waals surface area (Å²) in [4.78, 5) is 10.0. The Morgan fingerprint density at radius 2 is 0.885 bits per heavy atom. The molecule has 2 heteroatoms. The van der Waals surface area contributed by atoms with Crippen LogP contribution in [0.4, 0.5) is 0 Å². The third kappa shape index (κ3) is 4.38. The Morgan fingerprint density at radius 1 is 0.327 bits per heavy atom. The van der Waals surface area contributed by atoms with Crippen molar-refractivity contribution in [3.63, 3.8) is 0 Å². The summed E-state index contributed by atoms with van der Waals surface area (Å²) >= 11 is 0. The predicted molar refractivity (Wildman–Crippen MR) is 221 cm³/mol. The molecule has 0 N–H and O–H groups in total. The zero-order valence-electron chi connectivity index (χ0n) is 28.2. The number of nitrogens with zero attached hydrogens (tertiary/aromatic N) is 2. The number of hydrogen-bond acceptors (Lipinski definition) is 2. The van der Waals surface area contributed by atoms with E-state index in [0.717, 1.165) is 27.7 Å². The van der Waals surface area contributed by atoms with E-state index in [4.69, 9.17) is 9.97 Å². The van der Waals surface area contributed by atoms with Crippen LogP contribution in [0, 0.1) is 0 Å². The van der Waals surface area contributed by atoms with Gasteiger partial charge in [0.15, 0.2) is 0 Å². The molecule has 0 aliphatic carbocycles. The van der Waals surface area contributed by atoms with Crippen molar-refractivity contribution >= 4 is 75.7 Å². The Hall–Kier alpha value is -6.90. The fourth-order valence-electron chi connectivity index (χ4n) is 8.40. The van der Waals surface area contributed by atoms with E-state index in [-0.39, 0.29) is 0 Å². The molecule has 11 aromatic rings. The van der Waals surface area contributed by atoms with Crippen LogP contribution in [0.2, 0.25) is 0 Å². The molecular weight excluding hydrogens is 629 g/mol. The van der Waals surface area contributed by atoms with Crippen molar-refractivity contribution in [3.05, 3.63) is 182 Å². The smallest absolute Gasteiger partial charge is 0.0794 e. The Balaban J connectivity index is 1.02. The largest absolute Gasteiger partial charge is 0.256 e. The number of pyridine rings is 2. The minimum absolute atomic E-state index is 1.01. The van der Waals surface area contributed by atoms with Gasteiger partial charge in [-0.25, -0.2) is 4.98 Å². The molecule has 52 heavy (non-hydrogen) atoms. The molecule has 0 radical (unpaired) electrons. The molecule has 2 nitrogen and oxygen atoms in total. The standard InChI is InChI=1S/C50H30N2/c1-4-14-41-38(11-1)39-12-2-5-15-42(39)48-47(41)44-17-7-8-18-46(44)52-50(48)32-21-19-31(20-22-32)33-23-24-35-29-36(26-25-34(35)28-33)45-30-37-10-9-27-51-49(37)43-16-6-3-13-40(43)45/h1-30H. The Morgan fingerprint density at radius 3 is 1.63 bits per heavy atom. The first-order chi connectivity index (χ1) is 25.8. The number of aromatic nitrogens is 2. The fraction of sp³-hybridized carbons (Fsp3) is 0. The molecule has 0 fully saturated rings. The molecule has 0 saturated heterocycles. The second-order valence-corrected chi connectivity index (χ2v) is 13.7. The summed E-state index contributed by atoms with van der Waals surface area (Å²) in [5, 5.41) is 14.7. The quantitative estimate of drug-likeness (QED) is 0.177. The molecule has 0 spiro atoms. The Kier molecular flexibility index (Phi) is 6.28. The third-order valence-corrected chi connectivity index (χ3v) is 10.8. The molecule has 0 aliphatic heterocycles. The van der Waals surface area contributed by atoms with E-state index >= 15 is 0 Å². The van der Waals surface area contributed by atoms with Gasteiger partial charge in [0.05, 0.1) is 16.7 Å². The van der Waals surface area contributed by atoms with Crippen LogP contribution in [0.3, 0.4) is 0 Å². The van der Waals surface area contributed by atoms with Gasteiger partial charge in [0.2, 0.25) is 0 Å². The maximum Gasteiger partial charge on any atom is 0.0794 e. The third-order valence-electron chi connectivity index (χ3n) is 10.8. The van der Waals surface area contributed by atoms with Crippen LogP contribution in [-0.2, 0) is 0 Å². The summed E-state index contributed by atoms with van der Waals surface area (Å²) in [6, 6.07) is 63.7. The lowest BCUT2D eigenvalue weighted by molar-refractivity contribution is 1.43. The van der Waals surface area contributed by atoms with E-state index in [0.29, 0.717) is 0 Å². The Bertz CT molecular complexity index is 3230. The van der Waals surface area contributed by atoms with Gasteiger partial charge in [-0.05, 0) is 90.3 Å². The summed E-state index contributed by atoms with van der Waals surface area (Å²) in [7, 11) is 0. The molecule has 0 unspecified atom stereocenters. The van der Waals surface area contributed by atoms with Gasteiger partial charge in [0.25, 0.3) is 0 Å². The topological polar surface area (TPSA) is 25.8 Å². The first kappa shape index (κ1) is 28.9. The van der Waals surface area contributed by atoms with Crippen LogP contribution in [0.1, 0.15) is 0 Å². The zero-order chi connectivity index (χ0) is 34.2. The van der Waals surface area contributed by atoms with Crippen LogP contribution in [0.5, 0.6) is 0 Å². The highest BCUT2D eigenvalue weighted by molar-refractivity contribution is 6.33. The molecule has 0 aliphatic rings. The maximum atomic E-state index is 5.34. The highest BCUT2D eigenvalue weighted by Crippen LogP contribution is 2.43. The molecule has 0 saturated carbocycles. The summed E-state index contributed by atoms with van der Waals surface area (Å²) in [5.74, 6) is 0. The number of benzene rings is 9. The lowest BCUT2D eigenvalue weighted by Crippen LogP contribution is -1.93. The van der Waals surface area contributed by atoms with Crippen molar-refractivity contribution < 1.29 is 0 Å².